The summed E-state index contributed by atoms with van der Waals surface area (Å²) in [6.07, 6.45) is 0. The lowest BCUT2D eigenvalue weighted by Gasteiger charge is -2.12. The maximum atomic E-state index is 12.4. The zero-order chi connectivity index (χ0) is 21.7. The van der Waals surface area contributed by atoms with Crippen molar-refractivity contribution in [3.05, 3.63) is 69.5 Å². The summed E-state index contributed by atoms with van der Waals surface area (Å²) in [4.78, 5) is 22.7. The Labute approximate surface area is 182 Å². The minimum absolute atomic E-state index is 0.0331. The van der Waals surface area contributed by atoms with Crippen molar-refractivity contribution in [1.29, 1.82) is 0 Å². The number of carbonyl (C=O) groups is 1. The minimum atomic E-state index is -0.489. The highest BCUT2D eigenvalue weighted by Gasteiger charge is 2.19. The molecule has 0 unspecified atom stereocenters. The molecule has 156 valence electrons. The van der Waals surface area contributed by atoms with Gasteiger partial charge in [0.15, 0.2) is 11.0 Å². The summed E-state index contributed by atoms with van der Waals surface area (Å²) in [5.41, 5.74) is 1.37. The molecule has 3 rings (SSSR count). The normalized spacial score (nSPS) is 11.7. The number of amides is 1. The number of hydrogen-bond acceptors (Lipinski definition) is 7. The Kier molecular flexibility index (Phi) is 6.91. The largest absolute Gasteiger partial charge is 0.378 e. The predicted octanol–water partition coefficient (Wildman–Crippen LogP) is 4.11. The molecule has 1 atom stereocenters. The number of anilines is 2. The van der Waals surface area contributed by atoms with Crippen molar-refractivity contribution in [2.45, 2.75) is 23.9 Å². The van der Waals surface area contributed by atoms with Crippen molar-refractivity contribution in [1.82, 2.24) is 14.8 Å². The van der Waals surface area contributed by atoms with E-state index < -0.39 is 10.2 Å². The highest BCUT2D eigenvalue weighted by atomic mass is 35.5. The molecule has 0 aliphatic heterocycles. The van der Waals surface area contributed by atoms with Gasteiger partial charge in [-0.25, -0.2) is 0 Å². The van der Waals surface area contributed by atoms with E-state index in [1.807, 2.05) is 23.7 Å². The van der Waals surface area contributed by atoms with Gasteiger partial charge in [0.05, 0.1) is 16.7 Å². The molecule has 0 fully saturated rings. The van der Waals surface area contributed by atoms with Crippen LogP contribution in [0.4, 0.5) is 17.1 Å². The summed E-state index contributed by atoms with van der Waals surface area (Å²) in [6.45, 7) is 2.22. The fraction of sp³-hybridized carbons (Fsp3) is 0.211. The predicted molar refractivity (Wildman–Crippen MR) is 117 cm³/mol. The molecule has 0 saturated carbocycles. The number of carbonyl (C=O) groups excluding carboxylic acids is 1. The molecule has 3 aromatic rings. The highest BCUT2D eigenvalue weighted by Crippen LogP contribution is 2.24. The third-order valence-corrected chi connectivity index (χ3v) is 5.60. The maximum Gasteiger partial charge on any atom is 0.269 e. The first-order valence-electron chi connectivity index (χ1n) is 8.93. The monoisotopic (exact) mass is 446 g/mol. The molecule has 0 radical (unpaired) electrons. The number of halogens is 1. The SMILES string of the molecule is C[C@@H](Sc1nnc(CNc2ccc(Cl)cc2)n1C)C(=O)Nc1ccc([N+](=O)[O-])cc1. The number of nitrogens with zero attached hydrogens (tertiary/aromatic N) is 4. The van der Waals surface area contributed by atoms with Crippen LogP contribution >= 0.6 is 23.4 Å². The minimum Gasteiger partial charge on any atom is -0.378 e. The van der Waals surface area contributed by atoms with Gasteiger partial charge in [0.2, 0.25) is 5.91 Å². The molecule has 9 nitrogen and oxygen atoms in total. The molecular formula is C19H19ClN6O3S. The number of benzene rings is 2. The van der Waals surface area contributed by atoms with Crippen LogP contribution < -0.4 is 10.6 Å². The quantitative estimate of drug-likeness (QED) is 0.304. The van der Waals surface area contributed by atoms with Gasteiger partial charge in [-0.05, 0) is 43.3 Å². The van der Waals surface area contributed by atoms with Crippen LogP contribution in [0.3, 0.4) is 0 Å². The van der Waals surface area contributed by atoms with Gasteiger partial charge in [-0.1, -0.05) is 23.4 Å². The molecule has 1 amide bonds. The lowest BCUT2D eigenvalue weighted by atomic mass is 10.3. The van der Waals surface area contributed by atoms with Gasteiger partial charge in [-0.3, -0.25) is 14.9 Å². The molecule has 0 saturated heterocycles. The van der Waals surface area contributed by atoms with Gasteiger partial charge in [-0.15, -0.1) is 10.2 Å². The third-order valence-electron chi connectivity index (χ3n) is 4.22. The molecule has 0 spiro atoms. The summed E-state index contributed by atoms with van der Waals surface area (Å²) in [7, 11) is 1.84. The Bertz CT molecular complexity index is 1040. The molecule has 0 bridgehead atoms. The van der Waals surface area contributed by atoms with E-state index in [4.69, 9.17) is 11.6 Å². The first kappa shape index (κ1) is 21.6. The van der Waals surface area contributed by atoms with Crippen LogP contribution in [0.25, 0.3) is 0 Å². The second-order valence-electron chi connectivity index (χ2n) is 6.37. The molecule has 30 heavy (non-hydrogen) atoms. The fourth-order valence-corrected chi connectivity index (χ4v) is 3.43. The number of nitrogens with one attached hydrogen (secondary N) is 2. The zero-order valence-electron chi connectivity index (χ0n) is 16.2. The molecule has 1 heterocycles. The molecule has 11 heteroatoms. The first-order chi connectivity index (χ1) is 14.3. The van der Waals surface area contributed by atoms with E-state index in [1.165, 1.54) is 36.0 Å². The second-order valence-corrected chi connectivity index (χ2v) is 8.12. The van der Waals surface area contributed by atoms with Crippen LogP contribution in [0.15, 0.2) is 53.7 Å². The summed E-state index contributed by atoms with van der Waals surface area (Å²) in [6, 6.07) is 13.0. The maximum absolute atomic E-state index is 12.4. The van der Waals surface area contributed by atoms with Crippen LogP contribution in [0.1, 0.15) is 12.7 Å². The van der Waals surface area contributed by atoms with Gasteiger partial charge in [0.25, 0.3) is 5.69 Å². The van der Waals surface area contributed by atoms with Crippen molar-refractivity contribution in [3.8, 4) is 0 Å². The lowest BCUT2D eigenvalue weighted by molar-refractivity contribution is -0.384. The zero-order valence-corrected chi connectivity index (χ0v) is 17.8. The van der Waals surface area contributed by atoms with Gasteiger partial charge in [0, 0.05) is 35.6 Å². The van der Waals surface area contributed by atoms with E-state index in [-0.39, 0.29) is 11.6 Å². The van der Waals surface area contributed by atoms with E-state index in [2.05, 4.69) is 20.8 Å². The number of aromatic nitrogens is 3. The number of nitro groups is 1. The lowest BCUT2D eigenvalue weighted by Crippen LogP contribution is -2.22. The summed E-state index contributed by atoms with van der Waals surface area (Å²) < 4.78 is 1.82. The van der Waals surface area contributed by atoms with Crippen LogP contribution in [0.2, 0.25) is 5.02 Å². The molecule has 2 aromatic carbocycles. The molecule has 0 aliphatic rings. The summed E-state index contributed by atoms with van der Waals surface area (Å²) in [5.74, 6) is 0.480. The smallest absolute Gasteiger partial charge is 0.269 e. The van der Waals surface area contributed by atoms with E-state index >= 15 is 0 Å². The number of hydrogen-bond donors (Lipinski definition) is 2. The van der Waals surface area contributed by atoms with Crippen molar-refractivity contribution in [3.63, 3.8) is 0 Å². The van der Waals surface area contributed by atoms with Crippen LogP contribution in [0, 0.1) is 10.1 Å². The number of rotatable bonds is 8. The van der Waals surface area contributed by atoms with Gasteiger partial charge in [-0.2, -0.15) is 0 Å². The van der Waals surface area contributed by atoms with Crippen LogP contribution in [-0.4, -0.2) is 30.8 Å². The Hall–Kier alpha value is -3.11. The van der Waals surface area contributed by atoms with Crippen molar-refractivity contribution >= 4 is 46.3 Å². The Morgan fingerprint density at radius 1 is 1.17 bits per heavy atom. The number of thioether (sulfide) groups is 1. The molecular weight excluding hydrogens is 428 g/mol. The summed E-state index contributed by atoms with van der Waals surface area (Å²) >= 11 is 7.16. The van der Waals surface area contributed by atoms with E-state index in [0.717, 1.165) is 11.5 Å². The van der Waals surface area contributed by atoms with E-state index in [9.17, 15) is 14.9 Å². The highest BCUT2D eigenvalue weighted by molar-refractivity contribution is 8.00. The molecule has 2 N–H and O–H groups in total. The van der Waals surface area contributed by atoms with Crippen LogP contribution in [0.5, 0.6) is 0 Å². The van der Waals surface area contributed by atoms with Gasteiger partial charge >= 0.3 is 0 Å². The standard InChI is InChI=1S/C19H19ClN6O3S/c1-12(18(27)22-15-7-9-16(10-8-15)26(28)29)30-19-24-23-17(25(19)2)11-21-14-5-3-13(20)4-6-14/h3-10,12,21H,11H2,1-2H3,(H,22,27)/t12-/m1/s1. The average Bonchev–Trinajstić information content (AvgIpc) is 3.07. The Morgan fingerprint density at radius 2 is 1.80 bits per heavy atom. The molecule has 0 aliphatic carbocycles. The second kappa shape index (κ2) is 9.59. The first-order valence-corrected chi connectivity index (χ1v) is 10.2. The van der Waals surface area contributed by atoms with Crippen molar-refractivity contribution < 1.29 is 9.72 Å². The van der Waals surface area contributed by atoms with Gasteiger partial charge in [0.1, 0.15) is 0 Å². The fourth-order valence-electron chi connectivity index (χ4n) is 2.47. The number of non-ortho nitro benzene ring substituents is 1. The number of nitro benzene ring substituents is 1. The van der Waals surface area contributed by atoms with E-state index in [1.54, 1.807) is 19.1 Å². The average molecular weight is 447 g/mol. The third kappa shape index (κ3) is 5.49. The molecule has 1 aromatic heterocycles. The van der Waals surface area contributed by atoms with Crippen LogP contribution in [-0.2, 0) is 18.4 Å². The van der Waals surface area contributed by atoms with Gasteiger partial charge < -0.3 is 15.2 Å². The van der Waals surface area contributed by atoms with Crippen molar-refractivity contribution in [2.75, 3.05) is 10.6 Å². The van der Waals surface area contributed by atoms with Crippen molar-refractivity contribution in [2.24, 2.45) is 7.05 Å². The summed E-state index contributed by atoms with van der Waals surface area (Å²) in [5, 5.41) is 25.9. The Balaban J connectivity index is 1.56. The Morgan fingerprint density at radius 3 is 2.43 bits per heavy atom. The van der Waals surface area contributed by atoms with E-state index in [0.29, 0.717) is 22.4 Å². The topological polar surface area (TPSA) is 115 Å².